The number of hydrogen-bond donors (Lipinski definition) is 0. The molecule has 0 unspecified atom stereocenters. The Bertz CT molecular complexity index is 973. The van der Waals surface area contributed by atoms with E-state index in [-0.39, 0.29) is 35.7 Å². The van der Waals surface area contributed by atoms with E-state index < -0.39 is 5.60 Å². The van der Waals surface area contributed by atoms with Crippen LogP contribution in [0.1, 0.15) is 84.5 Å². The van der Waals surface area contributed by atoms with Crippen LogP contribution in [0.25, 0.3) is 0 Å². The van der Waals surface area contributed by atoms with Gasteiger partial charge in [-0.2, -0.15) is 0 Å². The van der Waals surface area contributed by atoms with Gasteiger partial charge in [0, 0.05) is 30.5 Å². The molecule has 0 aromatic heterocycles. The number of likely N-dealkylation sites (tertiary alicyclic amines) is 1. The molecule has 3 heterocycles. The highest BCUT2D eigenvalue weighted by Crippen LogP contribution is 2.55. The molecule has 3 aliphatic heterocycles. The molecule has 1 aromatic carbocycles. The Morgan fingerprint density at radius 1 is 1.31 bits per heavy atom. The van der Waals surface area contributed by atoms with Gasteiger partial charge in [0.2, 0.25) is 0 Å². The highest BCUT2D eigenvalue weighted by molar-refractivity contribution is 5.68. The molecule has 5 heteroatoms. The number of para-hydroxylation sites is 1. The van der Waals surface area contributed by atoms with Crippen LogP contribution >= 0.6 is 0 Å². The Morgan fingerprint density at radius 2 is 2.09 bits per heavy atom. The smallest absolute Gasteiger partial charge is 0.410 e. The molecule has 2 saturated heterocycles. The van der Waals surface area contributed by atoms with E-state index in [0.29, 0.717) is 13.1 Å². The summed E-state index contributed by atoms with van der Waals surface area (Å²) in [7, 11) is 0. The lowest BCUT2D eigenvalue weighted by atomic mass is 9.68. The summed E-state index contributed by atoms with van der Waals surface area (Å²) in [6, 6.07) is 6.43. The third kappa shape index (κ3) is 5.61. The van der Waals surface area contributed by atoms with E-state index in [1.54, 1.807) is 0 Å². The highest BCUT2D eigenvalue weighted by atomic mass is 16.6. The molecule has 2 fully saturated rings. The molecule has 0 N–H and O–H groups in total. The van der Waals surface area contributed by atoms with E-state index in [2.05, 4.69) is 51.6 Å². The van der Waals surface area contributed by atoms with Gasteiger partial charge in [-0.3, -0.25) is 0 Å². The highest BCUT2D eigenvalue weighted by Gasteiger charge is 2.53. The Hall–Kier alpha value is -2.27. The van der Waals surface area contributed by atoms with Gasteiger partial charge in [-0.15, -0.1) is 6.58 Å². The van der Waals surface area contributed by atoms with E-state index in [4.69, 9.17) is 14.2 Å². The number of benzene rings is 1. The Morgan fingerprint density at radius 3 is 2.77 bits per heavy atom. The lowest BCUT2D eigenvalue weighted by molar-refractivity contribution is -0.191. The van der Waals surface area contributed by atoms with E-state index in [9.17, 15) is 4.79 Å². The van der Waals surface area contributed by atoms with E-state index in [1.807, 2.05) is 31.7 Å². The molecule has 1 aromatic rings. The number of carbonyl (C=O) groups excluding carboxylic acids is 1. The van der Waals surface area contributed by atoms with Crippen LogP contribution in [0.4, 0.5) is 4.79 Å². The predicted molar refractivity (Wildman–Crippen MR) is 140 cm³/mol. The van der Waals surface area contributed by atoms with Crippen LogP contribution in [0.2, 0.25) is 0 Å². The minimum absolute atomic E-state index is 0.00884. The maximum absolute atomic E-state index is 12.8. The number of hydrogen-bond acceptors (Lipinski definition) is 4. The van der Waals surface area contributed by atoms with Crippen molar-refractivity contribution in [1.82, 2.24) is 4.90 Å². The summed E-state index contributed by atoms with van der Waals surface area (Å²) in [5.74, 6) is 1.49. The fourth-order valence-electron chi connectivity index (χ4n) is 5.96. The van der Waals surface area contributed by atoms with Gasteiger partial charge in [-0.25, -0.2) is 4.79 Å². The lowest BCUT2D eigenvalue weighted by Crippen LogP contribution is -2.57. The van der Waals surface area contributed by atoms with Crippen LogP contribution in [-0.2, 0) is 15.9 Å². The molecule has 35 heavy (non-hydrogen) atoms. The molecule has 5 nitrogen and oxygen atoms in total. The summed E-state index contributed by atoms with van der Waals surface area (Å²) in [4.78, 5) is 14.7. The zero-order valence-electron chi connectivity index (χ0n) is 22.4. The lowest BCUT2D eigenvalue weighted by Gasteiger charge is -2.54. The number of allylic oxidation sites excluding steroid dienone is 3. The summed E-state index contributed by atoms with van der Waals surface area (Å²) >= 11 is 0. The molecule has 5 atom stereocenters. The zero-order chi connectivity index (χ0) is 25.4. The van der Waals surface area contributed by atoms with Gasteiger partial charge in [0.15, 0.2) is 0 Å². The normalized spacial score (nSPS) is 29.7. The number of piperidine rings is 1. The second-order valence-corrected chi connectivity index (χ2v) is 12.0. The van der Waals surface area contributed by atoms with Crippen LogP contribution in [0, 0.1) is 11.8 Å². The van der Waals surface area contributed by atoms with Crippen LogP contribution in [0.15, 0.2) is 42.5 Å². The number of nitrogens with zero attached hydrogens (tertiary/aromatic N) is 1. The molecule has 1 amide bonds. The molecular weight excluding hydrogens is 438 g/mol. The molecule has 0 saturated carbocycles. The van der Waals surface area contributed by atoms with Gasteiger partial charge >= 0.3 is 6.09 Å². The standard InChI is InChI=1S/C30H43NO4/c1-8-11-21-13-9-14-23-26(21)34-30(7,16-10-12-20(2)3)24-18-22-19-31(28(32)35-29(4,5)6)17-15-25(22)33-27(23)24/h8-9,12-14,22,24-25,27H,1,10-11,15-19H2,2-7H3/t22-,24-,25-,27+,30+/m1/s1. The number of rotatable bonds is 5. The van der Waals surface area contributed by atoms with Gasteiger partial charge in [-0.1, -0.05) is 35.9 Å². The number of ether oxygens (including phenoxy) is 3. The molecule has 0 spiro atoms. The predicted octanol–water partition coefficient (Wildman–Crippen LogP) is 7.02. The fourth-order valence-corrected chi connectivity index (χ4v) is 5.96. The number of carbonyl (C=O) groups is 1. The van der Waals surface area contributed by atoms with Crippen LogP contribution in [0.3, 0.4) is 0 Å². The second-order valence-electron chi connectivity index (χ2n) is 12.0. The molecule has 0 radical (unpaired) electrons. The topological polar surface area (TPSA) is 48.0 Å². The van der Waals surface area contributed by atoms with E-state index in [1.165, 1.54) is 16.7 Å². The van der Waals surface area contributed by atoms with Crippen molar-refractivity contribution < 1.29 is 19.0 Å². The van der Waals surface area contributed by atoms with Crippen molar-refractivity contribution in [2.24, 2.45) is 11.8 Å². The van der Waals surface area contributed by atoms with Crippen molar-refractivity contribution in [2.75, 3.05) is 13.1 Å². The first kappa shape index (κ1) is 25.8. The summed E-state index contributed by atoms with van der Waals surface area (Å²) in [5.41, 5.74) is 2.83. The van der Waals surface area contributed by atoms with E-state index in [0.717, 1.165) is 37.9 Å². The van der Waals surface area contributed by atoms with Crippen molar-refractivity contribution in [2.45, 2.75) is 97.1 Å². The van der Waals surface area contributed by atoms with E-state index >= 15 is 0 Å². The summed E-state index contributed by atoms with van der Waals surface area (Å²) in [6.07, 6.45) is 8.67. The zero-order valence-corrected chi connectivity index (χ0v) is 22.4. The maximum Gasteiger partial charge on any atom is 0.410 e. The van der Waals surface area contributed by atoms with Crippen molar-refractivity contribution >= 4 is 6.09 Å². The largest absolute Gasteiger partial charge is 0.486 e. The number of fused-ring (bicyclic) bond motifs is 4. The SMILES string of the molecule is C=CCc1cccc2c1O[C@@](C)(CCC=C(C)C)[C@@H]1C[C@@H]3CN(C(=O)OC(C)(C)C)CC[C@H]3O[C@@H]21. The summed E-state index contributed by atoms with van der Waals surface area (Å²) in [5, 5.41) is 0. The molecule has 192 valence electrons. The molecular formula is C30H43NO4. The molecule has 0 aliphatic carbocycles. The second kappa shape index (κ2) is 10.0. The molecule has 3 aliphatic rings. The first-order valence-corrected chi connectivity index (χ1v) is 13.2. The third-order valence-corrected chi connectivity index (χ3v) is 7.67. The fraction of sp³-hybridized carbons (Fsp3) is 0.633. The maximum atomic E-state index is 12.8. The van der Waals surface area contributed by atoms with Crippen molar-refractivity contribution in [3.8, 4) is 5.75 Å². The van der Waals surface area contributed by atoms with Crippen LogP contribution in [-0.4, -0.2) is 41.4 Å². The Kier molecular flexibility index (Phi) is 7.38. The minimum Gasteiger partial charge on any atom is -0.486 e. The van der Waals surface area contributed by atoms with Gasteiger partial charge in [-0.05, 0) is 79.2 Å². The number of amides is 1. The third-order valence-electron chi connectivity index (χ3n) is 7.67. The summed E-state index contributed by atoms with van der Waals surface area (Å²) in [6.45, 7) is 17.6. The Balaban J connectivity index is 1.62. The van der Waals surface area contributed by atoms with Crippen molar-refractivity contribution in [3.05, 3.63) is 53.6 Å². The van der Waals surface area contributed by atoms with Crippen LogP contribution in [0.5, 0.6) is 5.75 Å². The quantitative estimate of drug-likeness (QED) is 0.424. The van der Waals surface area contributed by atoms with Gasteiger partial charge < -0.3 is 19.1 Å². The van der Waals surface area contributed by atoms with Gasteiger partial charge in [0.25, 0.3) is 0 Å². The molecule has 0 bridgehead atoms. The first-order valence-electron chi connectivity index (χ1n) is 13.2. The average Bonchev–Trinajstić information content (AvgIpc) is 2.77. The van der Waals surface area contributed by atoms with Crippen molar-refractivity contribution in [1.29, 1.82) is 0 Å². The monoisotopic (exact) mass is 481 g/mol. The average molecular weight is 482 g/mol. The van der Waals surface area contributed by atoms with Gasteiger partial charge in [0.05, 0.1) is 12.2 Å². The first-order chi connectivity index (χ1) is 16.5. The minimum atomic E-state index is -0.490. The summed E-state index contributed by atoms with van der Waals surface area (Å²) < 4.78 is 19.5. The van der Waals surface area contributed by atoms with Gasteiger partial charge in [0.1, 0.15) is 17.0 Å². The van der Waals surface area contributed by atoms with Crippen LogP contribution < -0.4 is 4.74 Å². The Labute approximate surface area is 211 Å². The van der Waals surface area contributed by atoms with Crippen molar-refractivity contribution in [3.63, 3.8) is 0 Å². The molecule has 4 rings (SSSR count).